The second kappa shape index (κ2) is 7.85. The molecule has 1 atom stereocenters. The highest BCUT2D eigenvalue weighted by Gasteiger charge is 2.21. The van der Waals surface area contributed by atoms with Crippen LogP contribution in [0.1, 0.15) is 34.3 Å². The lowest BCUT2D eigenvalue weighted by atomic mass is 9.99. The Morgan fingerprint density at radius 1 is 1.57 bits per heavy atom. The van der Waals surface area contributed by atoms with Crippen molar-refractivity contribution in [1.82, 2.24) is 10.2 Å². The van der Waals surface area contributed by atoms with Crippen LogP contribution in [0.3, 0.4) is 0 Å². The summed E-state index contributed by atoms with van der Waals surface area (Å²) >= 11 is 1.09. The fourth-order valence-corrected chi connectivity index (χ4v) is 3.57. The molecule has 1 amide bonds. The van der Waals surface area contributed by atoms with Crippen LogP contribution in [0.2, 0.25) is 0 Å². The molecule has 8 heteroatoms. The van der Waals surface area contributed by atoms with Crippen molar-refractivity contribution in [2.75, 3.05) is 26.2 Å². The molecule has 0 aliphatic carbocycles. The van der Waals surface area contributed by atoms with Gasteiger partial charge in [0.1, 0.15) is 0 Å². The van der Waals surface area contributed by atoms with Gasteiger partial charge in [-0.15, -0.1) is 11.3 Å². The second-order valence-electron chi connectivity index (χ2n) is 6.16. The molecule has 1 unspecified atom stereocenters. The number of rotatable bonds is 6. The number of aliphatic hydroxyl groups excluding tert-OH is 1. The number of nitrogens with one attached hydrogen (secondary N) is 1. The van der Waals surface area contributed by atoms with Gasteiger partial charge in [0.25, 0.3) is 11.6 Å². The van der Waals surface area contributed by atoms with E-state index < -0.39 is 11.0 Å². The molecule has 1 saturated heterocycles. The van der Waals surface area contributed by atoms with E-state index in [1.54, 1.807) is 6.92 Å². The van der Waals surface area contributed by atoms with Crippen LogP contribution < -0.4 is 5.32 Å². The highest BCUT2D eigenvalue weighted by atomic mass is 32.1. The summed E-state index contributed by atoms with van der Waals surface area (Å²) < 4.78 is 0. The minimum absolute atomic E-state index is 0.0388. The molecule has 1 aromatic rings. The molecule has 0 radical (unpaired) electrons. The topological polar surface area (TPSA) is 95.7 Å². The Morgan fingerprint density at radius 2 is 2.22 bits per heavy atom. The number of amides is 1. The van der Waals surface area contributed by atoms with Gasteiger partial charge in [0, 0.05) is 19.2 Å². The first-order valence-electron chi connectivity index (χ1n) is 7.80. The van der Waals surface area contributed by atoms with Crippen LogP contribution in [-0.4, -0.2) is 53.1 Å². The van der Waals surface area contributed by atoms with Crippen LogP contribution in [0.4, 0.5) is 5.69 Å². The van der Waals surface area contributed by atoms with E-state index in [2.05, 4.69) is 17.1 Å². The van der Waals surface area contributed by atoms with Crippen molar-refractivity contribution in [3.05, 3.63) is 25.9 Å². The van der Waals surface area contributed by atoms with Gasteiger partial charge in [0.15, 0.2) is 0 Å². The number of likely N-dealkylation sites (tertiary alicyclic amines) is 1. The average molecular weight is 341 g/mol. The van der Waals surface area contributed by atoms with E-state index in [1.807, 2.05) is 0 Å². The van der Waals surface area contributed by atoms with Crippen LogP contribution in [0.15, 0.2) is 6.07 Å². The van der Waals surface area contributed by atoms with E-state index in [1.165, 1.54) is 6.07 Å². The van der Waals surface area contributed by atoms with E-state index in [-0.39, 0.29) is 18.1 Å². The normalized spacial score (nSPS) is 17.9. The standard InChI is InChI=1S/C15H23N3O4S/c1-10-3-5-17(6-4-10)9-12(19)8-16-15(20)14-7-13(18(21)22)11(2)23-14/h7,10,12,19H,3-6,8-9H2,1-2H3,(H,16,20). The summed E-state index contributed by atoms with van der Waals surface area (Å²) in [6, 6.07) is 1.29. The third-order valence-electron chi connectivity index (χ3n) is 4.16. The quantitative estimate of drug-likeness (QED) is 0.607. The van der Waals surface area contributed by atoms with Crippen molar-refractivity contribution in [2.45, 2.75) is 32.8 Å². The summed E-state index contributed by atoms with van der Waals surface area (Å²) in [6.45, 7) is 6.49. The number of thiophene rings is 1. The minimum atomic E-state index is -0.636. The molecule has 2 rings (SSSR count). The molecule has 128 valence electrons. The molecule has 2 heterocycles. The van der Waals surface area contributed by atoms with Gasteiger partial charge in [-0.1, -0.05) is 6.92 Å². The second-order valence-corrected chi connectivity index (χ2v) is 7.41. The Bertz CT molecular complexity index is 567. The number of β-amino-alcohol motifs (C(OH)–C–C–N with tert-alkyl or cyclic N) is 1. The third kappa shape index (κ3) is 4.98. The molecule has 7 nitrogen and oxygen atoms in total. The molecule has 0 saturated carbocycles. The summed E-state index contributed by atoms with van der Waals surface area (Å²) in [5, 5.41) is 23.5. The van der Waals surface area contributed by atoms with Crippen LogP contribution in [0.5, 0.6) is 0 Å². The lowest BCUT2D eigenvalue weighted by Gasteiger charge is -2.31. The number of nitro groups is 1. The maximum atomic E-state index is 12.0. The van der Waals surface area contributed by atoms with E-state index in [4.69, 9.17) is 0 Å². The predicted octanol–water partition coefficient (Wildman–Crippen LogP) is 1.79. The van der Waals surface area contributed by atoms with Crippen molar-refractivity contribution >= 4 is 22.9 Å². The van der Waals surface area contributed by atoms with E-state index in [0.717, 1.165) is 43.2 Å². The number of carbonyl (C=O) groups is 1. The number of aryl methyl sites for hydroxylation is 1. The molecule has 0 spiro atoms. The van der Waals surface area contributed by atoms with Gasteiger partial charge in [-0.3, -0.25) is 14.9 Å². The van der Waals surface area contributed by atoms with E-state index in [0.29, 0.717) is 16.3 Å². The lowest BCUT2D eigenvalue weighted by Crippen LogP contribution is -2.42. The monoisotopic (exact) mass is 341 g/mol. The largest absolute Gasteiger partial charge is 0.390 e. The van der Waals surface area contributed by atoms with Gasteiger partial charge in [-0.2, -0.15) is 0 Å². The molecule has 1 aliphatic heterocycles. The van der Waals surface area contributed by atoms with Crippen LogP contribution in [-0.2, 0) is 0 Å². The third-order valence-corrected chi connectivity index (χ3v) is 5.19. The maximum absolute atomic E-state index is 12.0. The number of piperidine rings is 1. The Balaban J connectivity index is 1.79. The van der Waals surface area contributed by atoms with Gasteiger partial charge in [-0.05, 0) is 38.8 Å². The first kappa shape index (κ1) is 17.8. The molecule has 0 aromatic carbocycles. The zero-order valence-electron chi connectivity index (χ0n) is 13.4. The zero-order chi connectivity index (χ0) is 17.0. The van der Waals surface area contributed by atoms with Gasteiger partial charge >= 0.3 is 0 Å². The fourth-order valence-electron chi connectivity index (χ4n) is 2.67. The van der Waals surface area contributed by atoms with Crippen molar-refractivity contribution in [1.29, 1.82) is 0 Å². The molecular weight excluding hydrogens is 318 g/mol. The highest BCUT2D eigenvalue weighted by molar-refractivity contribution is 7.14. The molecule has 23 heavy (non-hydrogen) atoms. The number of hydrogen-bond acceptors (Lipinski definition) is 6. The molecule has 2 N–H and O–H groups in total. The predicted molar refractivity (Wildman–Crippen MR) is 88.9 cm³/mol. The van der Waals surface area contributed by atoms with Gasteiger partial charge in [0.2, 0.25) is 0 Å². The summed E-state index contributed by atoms with van der Waals surface area (Å²) in [4.78, 5) is 25.3. The Kier molecular flexibility index (Phi) is 6.09. The van der Waals surface area contributed by atoms with Crippen molar-refractivity contribution in [3.8, 4) is 0 Å². The summed E-state index contributed by atoms with van der Waals surface area (Å²) in [5.41, 5.74) is -0.0388. The molecule has 0 bridgehead atoms. The smallest absolute Gasteiger partial charge is 0.283 e. The summed E-state index contributed by atoms with van der Waals surface area (Å²) in [5.74, 6) is 0.360. The molecular formula is C15H23N3O4S. The number of aliphatic hydroxyl groups is 1. The van der Waals surface area contributed by atoms with Crippen molar-refractivity contribution in [2.24, 2.45) is 5.92 Å². The van der Waals surface area contributed by atoms with Crippen LogP contribution >= 0.6 is 11.3 Å². The fraction of sp³-hybridized carbons (Fsp3) is 0.667. The van der Waals surface area contributed by atoms with Gasteiger partial charge in [0.05, 0.1) is 20.8 Å². The summed E-state index contributed by atoms with van der Waals surface area (Å²) in [6.07, 6.45) is 1.64. The number of carbonyl (C=O) groups excluding carboxylic acids is 1. The maximum Gasteiger partial charge on any atom is 0.283 e. The van der Waals surface area contributed by atoms with Crippen molar-refractivity contribution in [3.63, 3.8) is 0 Å². The Hall–Kier alpha value is -1.51. The average Bonchev–Trinajstić information content (AvgIpc) is 2.89. The van der Waals surface area contributed by atoms with Gasteiger partial charge in [-0.25, -0.2) is 0 Å². The zero-order valence-corrected chi connectivity index (χ0v) is 14.3. The molecule has 1 aliphatic rings. The molecule has 1 fully saturated rings. The van der Waals surface area contributed by atoms with E-state index >= 15 is 0 Å². The molecule has 1 aromatic heterocycles. The highest BCUT2D eigenvalue weighted by Crippen LogP contribution is 2.27. The van der Waals surface area contributed by atoms with Crippen molar-refractivity contribution < 1.29 is 14.8 Å². The number of nitrogens with zero attached hydrogens (tertiary/aromatic N) is 2. The summed E-state index contributed by atoms with van der Waals surface area (Å²) in [7, 11) is 0. The first-order valence-corrected chi connectivity index (χ1v) is 8.62. The Morgan fingerprint density at radius 3 is 2.78 bits per heavy atom. The first-order chi connectivity index (χ1) is 10.9. The SMILES string of the molecule is Cc1sc(C(=O)NCC(O)CN2CCC(C)CC2)cc1[N+](=O)[O-]. The van der Waals surface area contributed by atoms with E-state index in [9.17, 15) is 20.0 Å². The van der Waals surface area contributed by atoms with Gasteiger partial charge < -0.3 is 15.3 Å². The Labute approximate surface area is 139 Å². The van der Waals surface area contributed by atoms with Crippen LogP contribution in [0, 0.1) is 23.0 Å². The number of hydrogen-bond donors (Lipinski definition) is 2. The minimum Gasteiger partial charge on any atom is -0.390 e. The lowest BCUT2D eigenvalue weighted by molar-refractivity contribution is -0.385. The van der Waals surface area contributed by atoms with Crippen LogP contribution in [0.25, 0.3) is 0 Å².